The minimum Gasteiger partial charge on any atom is -0.383 e. The molecule has 6 nitrogen and oxygen atoms in total. The molecule has 1 aromatic heterocycles. The summed E-state index contributed by atoms with van der Waals surface area (Å²) >= 11 is 0. The largest absolute Gasteiger partial charge is 0.383 e. The van der Waals surface area contributed by atoms with Crippen molar-refractivity contribution in [2.24, 2.45) is 11.8 Å². The lowest BCUT2D eigenvalue weighted by molar-refractivity contribution is -0.126. The van der Waals surface area contributed by atoms with Gasteiger partial charge in [-0.05, 0) is 37.7 Å². The fourth-order valence-corrected chi connectivity index (χ4v) is 4.29. The zero-order chi connectivity index (χ0) is 20.6. The molecule has 2 aromatic rings. The molecular formula is C23H33N3O3. The first-order valence-corrected chi connectivity index (χ1v) is 10.9. The second kappa shape index (κ2) is 10.5. The number of methoxy groups -OCH3 is 1. The van der Waals surface area contributed by atoms with E-state index >= 15 is 0 Å². The quantitative estimate of drug-likeness (QED) is 0.698. The number of hydrogen-bond acceptors (Lipinski definition) is 4. The first-order chi connectivity index (χ1) is 14.1. The molecule has 6 heteroatoms. The Kier molecular flexibility index (Phi) is 7.81. The molecule has 29 heavy (non-hydrogen) atoms. The molecule has 158 valence electrons. The SMILES string of the molecule is CCCCC1CCC(C(=O)NCc2nn(CCOC)c(=O)c3ccccc23)CC1. The normalized spacial score (nSPS) is 19.4. The Labute approximate surface area is 172 Å². The number of nitrogens with one attached hydrogen (secondary N) is 1. The summed E-state index contributed by atoms with van der Waals surface area (Å²) in [6.45, 7) is 3.37. The molecule has 1 aromatic carbocycles. The Bertz CT molecular complexity index is 869. The number of benzene rings is 1. The van der Waals surface area contributed by atoms with Crippen molar-refractivity contribution in [1.29, 1.82) is 0 Å². The monoisotopic (exact) mass is 399 g/mol. The van der Waals surface area contributed by atoms with Crippen LogP contribution in [0, 0.1) is 11.8 Å². The highest BCUT2D eigenvalue weighted by Gasteiger charge is 2.26. The average molecular weight is 400 g/mol. The van der Waals surface area contributed by atoms with Gasteiger partial charge in [-0.2, -0.15) is 5.10 Å². The van der Waals surface area contributed by atoms with E-state index in [2.05, 4.69) is 17.3 Å². The van der Waals surface area contributed by atoms with E-state index in [0.29, 0.717) is 25.1 Å². The molecule has 0 radical (unpaired) electrons. The highest BCUT2D eigenvalue weighted by atomic mass is 16.5. The van der Waals surface area contributed by atoms with Crippen LogP contribution in [0.15, 0.2) is 29.1 Å². The third-order valence-corrected chi connectivity index (χ3v) is 6.06. The van der Waals surface area contributed by atoms with E-state index in [-0.39, 0.29) is 17.4 Å². The number of amides is 1. The number of hydrogen-bond donors (Lipinski definition) is 1. The van der Waals surface area contributed by atoms with Gasteiger partial charge in [0.1, 0.15) is 0 Å². The predicted molar refractivity (Wildman–Crippen MR) is 115 cm³/mol. The molecule has 0 atom stereocenters. The second-order valence-corrected chi connectivity index (χ2v) is 8.09. The Balaban J connectivity index is 1.66. The van der Waals surface area contributed by atoms with E-state index in [4.69, 9.17) is 4.74 Å². The molecule has 1 aliphatic rings. The molecule has 0 spiro atoms. The topological polar surface area (TPSA) is 73.2 Å². The van der Waals surface area contributed by atoms with Gasteiger partial charge < -0.3 is 10.1 Å². The van der Waals surface area contributed by atoms with E-state index in [9.17, 15) is 9.59 Å². The van der Waals surface area contributed by atoms with Crippen LogP contribution in [0.2, 0.25) is 0 Å². The average Bonchev–Trinajstić information content (AvgIpc) is 2.76. The van der Waals surface area contributed by atoms with Crippen molar-refractivity contribution in [1.82, 2.24) is 15.1 Å². The molecular weight excluding hydrogens is 366 g/mol. The lowest BCUT2D eigenvalue weighted by atomic mass is 9.79. The second-order valence-electron chi connectivity index (χ2n) is 8.09. The molecule has 1 aliphatic carbocycles. The maximum Gasteiger partial charge on any atom is 0.274 e. The van der Waals surface area contributed by atoms with Crippen LogP contribution in [0.5, 0.6) is 0 Å². The number of ether oxygens (including phenoxy) is 1. The van der Waals surface area contributed by atoms with Crippen LogP contribution in [0.3, 0.4) is 0 Å². The van der Waals surface area contributed by atoms with E-state index in [1.54, 1.807) is 7.11 Å². The number of nitrogens with zero attached hydrogens (tertiary/aromatic N) is 2. The number of fused-ring (bicyclic) bond motifs is 1. The first kappa shape index (κ1) is 21.5. The standard InChI is InChI=1S/C23H33N3O3/c1-3-4-7-17-10-12-18(13-11-17)22(27)24-16-21-19-8-5-6-9-20(19)23(28)26(25-21)14-15-29-2/h5-6,8-9,17-18H,3-4,7,10-16H2,1-2H3,(H,24,27). The summed E-state index contributed by atoms with van der Waals surface area (Å²) in [5.74, 6) is 0.993. The number of unbranched alkanes of at least 4 members (excludes halogenated alkanes) is 1. The van der Waals surface area contributed by atoms with E-state index in [1.165, 1.54) is 23.9 Å². The van der Waals surface area contributed by atoms with E-state index < -0.39 is 0 Å². The first-order valence-electron chi connectivity index (χ1n) is 10.9. The van der Waals surface area contributed by atoms with Gasteiger partial charge in [-0.1, -0.05) is 44.4 Å². The predicted octanol–water partition coefficient (Wildman–Crippen LogP) is 3.66. The van der Waals surface area contributed by atoms with E-state index in [0.717, 1.165) is 42.7 Å². The van der Waals surface area contributed by atoms with E-state index in [1.807, 2.05) is 24.3 Å². The summed E-state index contributed by atoms with van der Waals surface area (Å²) < 4.78 is 6.53. The molecule has 1 amide bonds. The van der Waals surface area contributed by atoms with Crippen molar-refractivity contribution < 1.29 is 9.53 Å². The number of aromatic nitrogens is 2. The van der Waals surface area contributed by atoms with Crippen molar-refractivity contribution >= 4 is 16.7 Å². The zero-order valence-corrected chi connectivity index (χ0v) is 17.7. The van der Waals surface area contributed by atoms with Gasteiger partial charge in [0.2, 0.25) is 5.91 Å². The van der Waals surface area contributed by atoms with Crippen molar-refractivity contribution in [2.45, 2.75) is 65.0 Å². The van der Waals surface area contributed by atoms with Gasteiger partial charge >= 0.3 is 0 Å². The van der Waals surface area contributed by atoms with Crippen LogP contribution in [-0.2, 0) is 22.6 Å². The van der Waals surface area contributed by atoms with Crippen LogP contribution in [0.4, 0.5) is 0 Å². The Morgan fingerprint density at radius 2 is 1.93 bits per heavy atom. The third-order valence-electron chi connectivity index (χ3n) is 6.06. The van der Waals surface area contributed by atoms with Gasteiger partial charge in [0.15, 0.2) is 0 Å². The fourth-order valence-electron chi connectivity index (χ4n) is 4.29. The molecule has 1 fully saturated rings. The number of carbonyl (C=O) groups is 1. The summed E-state index contributed by atoms with van der Waals surface area (Å²) in [6, 6.07) is 7.45. The maximum absolute atomic E-state index is 12.7. The molecule has 1 N–H and O–H groups in total. The Hall–Kier alpha value is -2.21. The minimum atomic E-state index is -0.127. The molecule has 1 saturated carbocycles. The molecule has 0 unspecified atom stereocenters. The van der Waals surface area contributed by atoms with Crippen LogP contribution in [0.25, 0.3) is 10.8 Å². The third kappa shape index (κ3) is 5.44. The molecule has 3 rings (SSSR count). The van der Waals surface area contributed by atoms with Gasteiger partial charge in [0.05, 0.1) is 30.8 Å². The van der Waals surface area contributed by atoms with Crippen molar-refractivity contribution in [3.05, 3.63) is 40.3 Å². The Morgan fingerprint density at radius 3 is 2.62 bits per heavy atom. The molecule has 0 saturated heterocycles. The Morgan fingerprint density at radius 1 is 1.21 bits per heavy atom. The van der Waals surface area contributed by atoms with Crippen LogP contribution in [0.1, 0.15) is 57.6 Å². The maximum atomic E-state index is 12.7. The van der Waals surface area contributed by atoms with Gasteiger partial charge in [0, 0.05) is 18.4 Å². The van der Waals surface area contributed by atoms with Gasteiger partial charge in [-0.15, -0.1) is 0 Å². The lowest BCUT2D eigenvalue weighted by Gasteiger charge is -2.27. The van der Waals surface area contributed by atoms with Gasteiger partial charge in [0.25, 0.3) is 5.56 Å². The molecule has 1 heterocycles. The highest BCUT2D eigenvalue weighted by molar-refractivity contribution is 5.84. The zero-order valence-electron chi connectivity index (χ0n) is 17.7. The van der Waals surface area contributed by atoms with Crippen LogP contribution < -0.4 is 10.9 Å². The van der Waals surface area contributed by atoms with Gasteiger partial charge in [-0.3, -0.25) is 9.59 Å². The summed E-state index contributed by atoms with van der Waals surface area (Å²) in [5, 5.41) is 9.01. The summed E-state index contributed by atoms with van der Waals surface area (Å²) in [4.78, 5) is 25.4. The van der Waals surface area contributed by atoms with Crippen molar-refractivity contribution in [3.8, 4) is 0 Å². The molecule has 0 aliphatic heterocycles. The summed E-state index contributed by atoms with van der Waals surface area (Å²) in [7, 11) is 1.60. The molecule has 0 bridgehead atoms. The smallest absolute Gasteiger partial charge is 0.274 e. The highest BCUT2D eigenvalue weighted by Crippen LogP contribution is 2.32. The minimum absolute atomic E-state index is 0.0959. The van der Waals surface area contributed by atoms with Crippen molar-refractivity contribution in [3.63, 3.8) is 0 Å². The van der Waals surface area contributed by atoms with Crippen molar-refractivity contribution in [2.75, 3.05) is 13.7 Å². The number of rotatable bonds is 9. The van der Waals surface area contributed by atoms with Crippen LogP contribution in [-0.4, -0.2) is 29.4 Å². The fraction of sp³-hybridized carbons (Fsp3) is 0.609. The van der Waals surface area contributed by atoms with Gasteiger partial charge in [-0.25, -0.2) is 4.68 Å². The number of carbonyl (C=O) groups excluding carboxylic acids is 1. The van der Waals surface area contributed by atoms with Crippen LogP contribution >= 0.6 is 0 Å². The summed E-state index contributed by atoms with van der Waals surface area (Å²) in [5.41, 5.74) is 0.597. The lowest BCUT2D eigenvalue weighted by Crippen LogP contribution is -2.34. The summed E-state index contributed by atoms with van der Waals surface area (Å²) in [6.07, 6.45) is 8.09.